The second kappa shape index (κ2) is 25.6. The van der Waals surface area contributed by atoms with Crippen LogP contribution in [-0.2, 0) is 21.7 Å². The molecule has 96 heavy (non-hydrogen) atoms. The molecular formula is C80H102N2S12Si2. The summed E-state index contributed by atoms with van der Waals surface area (Å²) in [6.07, 6.45) is 0. The van der Waals surface area contributed by atoms with E-state index in [1.165, 1.54) is 112 Å². The van der Waals surface area contributed by atoms with E-state index in [0.29, 0.717) is 0 Å². The molecule has 2 nitrogen and oxygen atoms in total. The summed E-state index contributed by atoms with van der Waals surface area (Å²) >= 11 is 23.8. The van der Waals surface area contributed by atoms with E-state index in [1.54, 1.807) is 105 Å². The minimum atomic E-state index is -1.71. The highest BCUT2D eigenvalue weighted by atomic mass is 32.1. The van der Waals surface area contributed by atoms with E-state index in [0.717, 1.165) is 21.4 Å². The van der Waals surface area contributed by atoms with Gasteiger partial charge in [0.15, 0.2) is 10.0 Å². The average Bonchev–Trinajstić information content (AvgIpc) is 1.53. The summed E-state index contributed by atoms with van der Waals surface area (Å²) in [5.74, 6) is 0. The first-order valence-electron chi connectivity index (χ1n) is 33.8. The SMILES string of the molecule is Cc1nc(-c2nc(C)c(C(C)(C)C)s2)sc1C.Cc1sc(-c2sc(C(C)(C)C)c(C)c2C)c(C)c1C.Cc1sc2c(C)c(-c3sc4c(C)c(C(C)(C)C)sc4c3C)sc2c1C.Cc1sc2c(c1C)[Si](C)(C)c1c-2sc(-c2sc3c(c2C)[Si](C)(C)c2c-3sc(C(C)(C)C)c2C)c1C. The lowest BCUT2D eigenvalue weighted by Gasteiger charge is -2.23. The van der Waals surface area contributed by atoms with E-state index in [1.807, 2.05) is 79.4 Å². The van der Waals surface area contributed by atoms with Crippen LogP contribution in [0.5, 0.6) is 0 Å². The molecule has 0 bridgehead atoms. The molecule has 0 saturated carbocycles. The summed E-state index contributed by atoms with van der Waals surface area (Å²) < 4.78 is 6.01. The number of aryl methyl sites for hydroxylation is 10. The Morgan fingerprint density at radius 3 is 0.969 bits per heavy atom. The van der Waals surface area contributed by atoms with Crippen LogP contribution in [0.2, 0.25) is 26.2 Å². The van der Waals surface area contributed by atoms with E-state index in [2.05, 4.69) is 278 Å². The van der Waals surface area contributed by atoms with Crippen molar-refractivity contribution in [1.29, 1.82) is 0 Å². The lowest BCUT2D eigenvalue weighted by molar-refractivity contribution is 0.598. The van der Waals surface area contributed by atoms with E-state index in [-0.39, 0.29) is 21.7 Å². The Bertz CT molecular complexity index is 5050. The summed E-state index contributed by atoms with van der Waals surface area (Å²) in [6, 6.07) is 0. The highest BCUT2D eigenvalue weighted by Crippen LogP contribution is 2.55. The van der Waals surface area contributed by atoms with Crippen molar-refractivity contribution in [2.45, 2.75) is 256 Å². The molecule has 14 heterocycles. The van der Waals surface area contributed by atoms with Gasteiger partial charge in [-0.05, 0) is 234 Å². The Hall–Kier alpha value is -2.79. The lowest BCUT2D eigenvalue weighted by atomic mass is 9.91. The molecule has 2 aliphatic heterocycles. The van der Waals surface area contributed by atoms with Crippen LogP contribution in [0.4, 0.5) is 0 Å². The third kappa shape index (κ3) is 12.3. The molecule has 0 aliphatic carbocycles. The Morgan fingerprint density at radius 1 is 0.219 bits per heavy atom. The van der Waals surface area contributed by atoms with Crippen molar-refractivity contribution in [1.82, 2.24) is 9.97 Å². The number of rotatable bonds is 4. The first-order valence-corrected chi connectivity index (χ1v) is 49.6. The van der Waals surface area contributed by atoms with Crippen LogP contribution in [0.25, 0.3) is 77.6 Å². The van der Waals surface area contributed by atoms with Gasteiger partial charge in [-0.3, -0.25) is 0 Å². The molecule has 0 amide bonds. The van der Waals surface area contributed by atoms with E-state index >= 15 is 0 Å². The molecule has 0 unspecified atom stereocenters. The zero-order valence-corrected chi connectivity index (χ0v) is 75.6. The molecule has 0 atom stereocenters. The van der Waals surface area contributed by atoms with Gasteiger partial charge < -0.3 is 0 Å². The normalized spacial score (nSPS) is 14.1. The van der Waals surface area contributed by atoms with Gasteiger partial charge in [-0.15, -0.1) is 136 Å². The lowest BCUT2D eigenvalue weighted by Crippen LogP contribution is -2.51. The van der Waals surface area contributed by atoms with Crippen molar-refractivity contribution in [3.63, 3.8) is 0 Å². The number of thiophene rings is 10. The van der Waals surface area contributed by atoms with Gasteiger partial charge in [0.05, 0.1) is 11.4 Å². The third-order valence-electron chi connectivity index (χ3n) is 20.4. The number of thiazole rings is 2. The zero-order chi connectivity index (χ0) is 71.1. The van der Waals surface area contributed by atoms with Gasteiger partial charge in [0, 0.05) is 107 Å². The molecule has 0 saturated heterocycles. The Morgan fingerprint density at radius 2 is 0.542 bits per heavy atom. The fraction of sp³-hybridized carbons (Fsp3) is 0.475. The number of hydrogen-bond donors (Lipinski definition) is 0. The van der Waals surface area contributed by atoms with Gasteiger partial charge in [0.1, 0.15) is 16.1 Å². The predicted molar refractivity (Wildman–Crippen MR) is 457 cm³/mol. The maximum Gasteiger partial charge on any atom is 0.152 e. The first-order chi connectivity index (χ1) is 44.1. The Balaban J connectivity index is 0.000000136. The number of fused-ring (bicyclic) bond motifs is 8. The zero-order valence-electron chi connectivity index (χ0n) is 63.8. The van der Waals surface area contributed by atoms with Crippen molar-refractivity contribution in [3.8, 4) is 58.8 Å². The van der Waals surface area contributed by atoms with E-state index in [4.69, 9.17) is 0 Å². The van der Waals surface area contributed by atoms with Gasteiger partial charge in [-0.25, -0.2) is 9.97 Å². The molecular weight excluding hydrogens is 1430 g/mol. The van der Waals surface area contributed by atoms with Crippen LogP contribution in [0.15, 0.2) is 0 Å². The average molecular weight is 1530 g/mol. The summed E-state index contributed by atoms with van der Waals surface area (Å²) in [5.41, 5.74) is 21.3. The van der Waals surface area contributed by atoms with E-state index in [9.17, 15) is 0 Å². The van der Waals surface area contributed by atoms with Crippen molar-refractivity contribution >= 4 is 192 Å². The Labute approximate surface area is 626 Å². The molecule has 2 aliphatic rings. The highest BCUT2D eigenvalue weighted by Gasteiger charge is 2.48. The molecule has 0 fully saturated rings. The van der Waals surface area contributed by atoms with Crippen LogP contribution in [-0.4, -0.2) is 26.1 Å². The molecule has 16 heteroatoms. The molecule has 0 N–H and O–H groups in total. The fourth-order valence-electron chi connectivity index (χ4n) is 15.0. The molecule has 12 aromatic heterocycles. The molecule has 12 aromatic rings. The summed E-state index contributed by atoms with van der Waals surface area (Å²) in [5, 5.41) is 9.04. The molecule has 0 radical (unpaired) electrons. The second-order valence-corrected chi connectivity index (χ2v) is 54.1. The molecule has 0 spiro atoms. The number of aromatic nitrogens is 2. The van der Waals surface area contributed by atoms with Crippen molar-refractivity contribution < 1.29 is 0 Å². The van der Waals surface area contributed by atoms with Crippen LogP contribution < -0.4 is 20.7 Å². The van der Waals surface area contributed by atoms with Crippen LogP contribution in [0.1, 0.15) is 200 Å². The molecule has 512 valence electrons. The Kier molecular flexibility index (Phi) is 19.8. The molecule has 0 aromatic carbocycles. The van der Waals surface area contributed by atoms with Crippen LogP contribution >= 0.6 is 136 Å². The standard InChI is InChI=1S/C29H36S4Si2.C21H24S4.C17H24S2.C13H18N2S2/c1-13-17(5)30-20-21-25(34(9,10)24(13)20)14(2)18(31-21)19-15(3)26-22(32-19)23-27(35(26,11)12)16(4)28(33-23)29(6,7)8;1-9-13(5)22-15-10(2)16(23-14(9)15)17-11(3)18-19(24-17)12(4)20(25-18)21(6,7)8;1-9-10(2)14(18-13(9)5)15-11(3)12(4)16(19-15)17(6,7)8;1-7-9(3)16-11(14-7)12-15-8(2)10(17-12)13(4,5)6/h1-12H3;1-8H3;1-8H3;1-6H3. The van der Waals surface area contributed by atoms with Crippen molar-refractivity contribution in [2.24, 2.45) is 0 Å². The summed E-state index contributed by atoms with van der Waals surface area (Å²) in [7, 11) is -3.37. The van der Waals surface area contributed by atoms with Crippen molar-refractivity contribution in [3.05, 3.63) is 117 Å². The van der Waals surface area contributed by atoms with Crippen LogP contribution in [0.3, 0.4) is 0 Å². The highest BCUT2D eigenvalue weighted by molar-refractivity contribution is 7.36. The fourth-order valence-corrected chi connectivity index (χ4v) is 42.9. The summed E-state index contributed by atoms with van der Waals surface area (Å²) in [4.78, 5) is 36.5. The third-order valence-corrected chi connectivity index (χ3v) is 47.1. The minimum absolute atomic E-state index is 0.168. The second-order valence-electron chi connectivity index (χ2n) is 32.6. The van der Waals surface area contributed by atoms with Crippen molar-refractivity contribution in [2.75, 3.05) is 0 Å². The molecule has 14 rings (SSSR count). The monoisotopic (exact) mass is 1530 g/mol. The quantitative estimate of drug-likeness (QED) is 0.164. The van der Waals surface area contributed by atoms with Gasteiger partial charge in [0.25, 0.3) is 0 Å². The van der Waals surface area contributed by atoms with Gasteiger partial charge in [0.2, 0.25) is 0 Å². The minimum Gasteiger partial charge on any atom is -0.239 e. The number of hydrogen-bond acceptors (Lipinski definition) is 14. The van der Waals surface area contributed by atoms with Gasteiger partial charge in [-0.1, -0.05) is 109 Å². The van der Waals surface area contributed by atoms with E-state index < -0.39 is 16.1 Å². The van der Waals surface area contributed by atoms with Gasteiger partial charge >= 0.3 is 0 Å². The first kappa shape index (κ1) is 74.4. The topological polar surface area (TPSA) is 25.8 Å². The predicted octanol–water partition coefficient (Wildman–Crippen LogP) is 27.6. The summed E-state index contributed by atoms with van der Waals surface area (Å²) in [6.45, 7) is 79.1. The maximum absolute atomic E-state index is 4.67. The van der Waals surface area contributed by atoms with Gasteiger partial charge in [-0.2, -0.15) is 0 Å². The maximum atomic E-state index is 4.67. The van der Waals surface area contributed by atoms with Crippen LogP contribution in [0, 0.1) is 125 Å². The number of nitrogens with zero attached hydrogens (tertiary/aromatic N) is 2. The smallest absolute Gasteiger partial charge is 0.152 e. The largest absolute Gasteiger partial charge is 0.239 e.